The van der Waals surface area contributed by atoms with E-state index in [1.165, 1.54) is 0 Å². The van der Waals surface area contributed by atoms with E-state index >= 15 is 0 Å². The number of carboxylic acids is 1. The Kier molecular flexibility index (Phi) is 4.85. The highest BCUT2D eigenvalue weighted by Crippen LogP contribution is 2.26. The SMILES string of the molecule is CCn1c(CC(=O)O)cc(Br)c1C(=O)c1cccc(Cl)c1. The smallest absolute Gasteiger partial charge is 0.309 e. The van der Waals surface area contributed by atoms with Crippen molar-refractivity contribution in [1.29, 1.82) is 0 Å². The van der Waals surface area contributed by atoms with Crippen molar-refractivity contribution in [2.45, 2.75) is 19.9 Å². The van der Waals surface area contributed by atoms with Gasteiger partial charge in [0, 0.05) is 27.3 Å². The average molecular weight is 371 g/mol. The van der Waals surface area contributed by atoms with E-state index in [2.05, 4.69) is 15.9 Å². The zero-order valence-corrected chi connectivity index (χ0v) is 13.6. The third-order valence-electron chi connectivity index (χ3n) is 3.09. The number of carbonyl (C=O) groups excluding carboxylic acids is 1. The van der Waals surface area contributed by atoms with E-state index in [0.29, 0.717) is 33.0 Å². The standard InChI is InChI=1S/C15H13BrClNO3/c1-2-18-11(8-13(19)20)7-12(16)14(18)15(21)9-4-3-5-10(17)6-9/h3-7H,2,8H2,1H3,(H,19,20). The summed E-state index contributed by atoms with van der Waals surface area (Å²) in [6.07, 6.45) is -0.130. The van der Waals surface area contributed by atoms with Gasteiger partial charge in [0.15, 0.2) is 0 Å². The van der Waals surface area contributed by atoms with Crippen molar-refractivity contribution in [2.24, 2.45) is 0 Å². The molecule has 1 aromatic carbocycles. The molecule has 2 rings (SSSR count). The van der Waals surface area contributed by atoms with Crippen molar-refractivity contribution >= 4 is 39.3 Å². The molecule has 21 heavy (non-hydrogen) atoms. The van der Waals surface area contributed by atoms with Crippen LogP contribution in [0.15, 0.2) is 34.8 Å². The van der Waals surface area contributed by atoms with E-state index < -0.39 is 5.97 Å². The van der Waals surface area contributed by atoms with Crippen LogP contribution in [0.4, 0.5) is 0 Å². The maximum absolute atomic E-state index is 12.6. The number of rotatable bonds is 5. The number of aromatic nitrogens is 1. The molecule has 0 spiro atoms. The van der Waals surface area contributed by atoms with Gasteiger partial charge < -0.3 is 9.67 Å². The molecule has 1 N–H and O–H groups in total. The highest BCUT2D eigenvalue weighted by molar-refractivity contribution is 9.10. The zero-order valence-electron chi connectivity index (χ0n) is 11.3. The number of nitrogens with zero attached hydrogens (tertiary/aromatic N) is 1. The fourth-order valence-electron chi connectivity index (χ4n) is 2.23. The van der Waals surface area contributed by atoms with Gasteiger partial charge in [0.1, 0.15) is 5.69 Å². The van der Waals surface area contributed by atoms with E-state index in [9.17, 15) is 9.59 Å². The van der Waals surface area contributed by atoms with E-state index in [1.807, 2.05) is 6.92 Å². The summed E-state index contributed by atoms with van der Waals surface area (Å²) in [6.45, 7) is 2.38. The van der Waals surface area contributed by atoms with Gasteiger partial charge in [-0.3, -0.25) is 9.59 Å². The number of carbonyl (C=O) groups is 2. The van der Waals surface area contributed by atoms with Crippen molar-refractivity contribution < 1.29 is 14.7 Å². The normalized spacial score (nSPS) is 10.6. The van der Waals surface area contributed by atoms with Crippen molar-refractivity contribution in [2.75, 3.05) is 0 Å². The molecule has 0 aliphatic heterocycles. The summed E-state index contributed by atoms with van der Waals surface area (Å²) >= 11 is 9.26. The largest absolute Gasteiger partial charge is 0.481 e. The van der Waals surface area contributed by atoms with Gasteiger partial charge in [-0.25, -0.2) is 0 Å². The fraction of sp³-hybridized carbons (Fsp3) is 0.200. The molecular formula is C15H13BrClNO3. The molecule has 110 valence electrons. The van der Waals surface area contributed by atoms with Crippen LogP contribution in [0.25, 0.3) is 0 Å². The second-order valence-electron chi connectivity index (χ2n) is 4.49. The molecule has 2 aromatic rings. The number of halogens is 2. The molecule has 6 heteroatoms. The summed E-state index contributed by atoms with van der Waals surface area (Å²) < 4.78 is 2.30. The molecule has 0 fully saturated rings. The maximum atomic E-state index is 12.6. The van der Waals surface area contributed by atoms with Crippen molar-refractivity contribution in [3.63, 3.8) is 0 Å². The Morgan fingerprint density at radius 3 is 2.62 bits per heavy atom. The van der Waals surface area contributed by atoms with Gasteiger partial charge in [-0.15, -0.1) is 0 Å². The molecule has 0 saturated carbocycles. The monoisotopic (exact) mass is 369 g/mol. The highest BCUT2D eigenvalue weighted by Gasteiger charge is 2.21. The molecule has 0 aliphatic rings. The van der Waals surface area contributed by atoms with E-state index in [4.69, 9.17) is 16.7 Å². The zero-order chi connectivity index (χ0) is 15.6. The molecule has 0 aliphatic carbocycles. The maximum Gasteiger partial charge on any atom is 0.309 e. The van der Waals surface area contributed by atoms with E-state index in [-0.39, 0.29) is 12.2 Å². The second kappa shape index (κ2) is 6.45. The Labute approximate surface area is 135 Å². The summed E-state index contributed by atoms with van der Waals surface area (Å²) in [7, 11) is 0. The first kappa shape index (κ1) is 15.8. The predicted molar refractivity (Wildman–Crippen MR) is 84.0 cm³/mol. The van der Waals surface area contributed by atoms with Gasteiger partial charge in [-0.1, -0.05) is 23.7 Å². The number of hydrogen-bond acceptors (Lipinski definition) is 2. The van der Waals surface area contributed by atoms with Gasteiger partial charge in [-0.05, 0) is 41.1 Å². The lowest BCUT2D eigenvalue weighted by molar-refractivity contribution is -0.136. The highest BCUT2D eigenvalue weighted by atomic mass is 79.9. The molecule has 0 saturated heterocycles. The predicted octanol–water partition coefficient (Wildman–Crippen LogP) is 3.78. The number of carboxylic acid groups (broad SMARTS) is 1. The Morgan fingerprint density at radius 1 is 1.33 bits per heavy atom. The van der Waals surface area contributed by atoms with Gasteiger partial charge in [0.25, 0.3) is 0 Å². The molecule has 0 atom stereocenters. The van der Waals surface area contributed by atoms with Crippen LogP contribution in [-0.4, -0.2) is 21.4 Å². The summed E-state index contributed by atoms with van der Waals surface area (Å²) in [5, 5.41) is 9.43. The van der Waals surface area contributed by atoms with Crippen LogP contribution in [0, 0.1) is 0 Å². The first-order valence-corrected chi connectivity index (χ1v) is 7.51. The molecule has 0 radical (unpaired) electrons. The summed E-state index contributed by atoms with van der Waals surface area (Å²) in [5.41, 5.74) is 1.50. The summed E-state index contributed by atoms with van der Waals surface area (Å²) in [4.78, 5) is 23.6. The number of ketones is 1. The van der Waals surface area contributed by atoms with Crippen LogP contribution in [-0.2, 0) is 17.8 Å². The third kappa shape index (κ3) is 3.36. The van der Waals surface area contributed by atoms with Crippen LogP contribution in [0.2, 0.25) is 5.02 Å². The van der Waals surface area contributed by atoms with Crippen LogP contribution in [0.3, 0.4) is 0 Å². The van der Waals surface area contributed by atoms with Crippen LogP contribution >= 0.6 is 27.5 Å². The number of benzene rings is 1. The quantitative estimate of drug-likeness (QED) is 0.815. The number of aliphatic carboxylic acids is 1. The summed E-state index contributed by atoms with van der Waals surface area (Å²) in [6, 6.07) is 8.36. The van der Waals surface area contributed by atoms with Gasteiger partial charge >= 0.3 is 5.97 Å². The topological polar surface area (TPSA) is 59.3 Å². The van der Waals surface area contributed by atoms with Gasteiger partial charge in [-0.2, -0.15) is 0 Å². The van der Waals surface area contributed by atoms with Crippen molar-refractivity contribution in [1.82, 2.24) is 4.57 Å². The molecular weight excluding hydrogens is 358 g/mol. The van der Waals surface area contributed by atoms with E-state index in [0.717, 1.165) is 0 Å². The Morgan fingerprint density at radius 2 is 2.05 bits per heavy atom. The first-order valence-electron chi connectivity index (χ1n) is 6.34. The van der Waals surface area contributed by atoms with Gasteiger partial charge in [0.2, 0.25) is 5.78 Å². The molecule has 1 heterocycles. The number of hydrogen-bond donors (Lipinski definition) is 1. The Balaban J connectivity index is 2.50. The fourth-order valence-corrected chi connectivity index (χ4v) is 3.07. The second-order valence-corrected chi connectivity index (χ2v) is 5.78. The third-order valence-corrected chi connectivity index (χ3v) is 3.93. The molecule has 1 aromatic heterocycles. The van der Waals surface area contributed by atoms with Gasteiger partial charge in [0.05, 0.1) is 6.42 Å². The van der Waals surface area contributed by atoms with Crippen molar-refractivity contribution in [3.8, 4) is 0 Å². The minimum atomic E-state index is -0.934. The van der Waals surface area contributed by atoms with Crippen LogP contribution < -0.4 is 0 Å². The van der Waals surface area contributed by atoms with Crippen LogP contribution in [0.1, 0.15) is 28.7 Å². The average Bonchev–Trinajstić information content (AvgIpc) is 2.72. The molecule has 0 bridgehead atoms. The minimum Gasteiger partial charge on any atom is -0.481 e. The molecule has 4 nitrogen and oxygen atoms in total. The Bertz CT molecular complexity index is 709. The first-order chi connectivity index (χ1) is 9.93. The van der Waals surface area contributed by atoms with E-state index in [1.54, 1.807) is 34.9 Å². The van der Waals surface area contributed by atoms with Crippen LogP contribution in [0.5, 0.6) is 0 Å². The summed E-state index contributed by atoms with van der Waals surface area (Å²) in [5.74, 6) is -1.13. The lowest BCUT2D eigenvalue weighted by Gasteiger charge is -2.10. The lowest BCUT2D eigenvalue weighted by atomic mass is 10.1. The minimum absolute atomic E-state index is 0.130. The molecule has 0 unspecified atom stereocenters. The van der Waals surface area contributed by atoms with Crippen molar-refractivity contribution in [3.05, 3.63) is 56.8 Å². The molecule has 0 amide bonds. The lowest BCUT2D eigenvalue weighted by Crippen LogP contribution is -2.14. The Hall–Kier alpha value is -1.59.